The van der Waals surface area contributed by atoms with Crippen LogP contribution in [0.5, 0.6) is 0 Å². The maximum atomic E-state index is 12.4. The molecule has 2 fully saturated rings. The molecule has 1 amide bonds. The Kier molecular flexibility index (Phi) is 5.65. The highest BCUT2D eigenvalue weighted by atomic mass is 127. The van der Waals surface area contributed by atoms with Gasteiger partial charge < -0.3 is 15.1 Å². The molecular weight excluding hydrogens is 395 g/mol. The minimum Gasteiger partial charge on any atom is -0.354 e. The number of piperazine rings is 1. The average Bonchev–Trinajstić information content (AvgIpc) is 2.84. The number of hydrogen-bond donors (Lipinski definition) is 1. The lowest BCUT2D eigenvalue weighted by atomic mass is 9.93. The molecule has 1 aromatic heterocycles. The highest BCUT2D eigenvalue weighted by molar-refractivity contribution is 14.0. The monoisotopic (exact) mass is 418 g/mol. The van der Waals surface area contributed by atoms with Gasteiger partial charge in [-0.3, -0.25) is 14.5 Å². The first-order valence-electron chi connectivity index (χ1n) is 7.44. The minimum atomic E-state index is 0. The highest BCUT2D eigenvalue weighted by Gasteiger charge is 2.29. The van der Waals surface area contributed by atoms with E-state index in [1.165, 1.54) is 19.3 Å². The van der Waals surface area contributed by atoms with Gasteiger partial charge >= 0.3 is 0 Å². The molecule has 1 N–H and O–H groups in total. The van der Waals surface area contributed by atoms with Crippen LogP contribution >= 0.6 is 24.0 Å². The van der Waals surface area contributed by atoms with Crippen LogP contribution in [0.4, 0.5) is 5.69 Å². The van der Waals surface area contributed by atoms with Gasteiger partial charge in [-0.2, -0.15) is 5.10 Å². The van der Waals surface area contributed by atoms with Crippen molar-refractivity contribution < 1.29 is 4.79 Å². The van der Waals surface area contributed by atoms with E-state index >= 15 is 0 Å². The number of rotatable bonds is 2. The van der Waals surface area contributed by atoms with Crippen molar-refractivity contribution >= 4 is 41.5 Å². The van der Waals surface area contributed by atoms with E-state index in [1.807, 2.05) is 18.1 Å². The number of aryl methyl sites for hydroxylation is 1. The zero-order chi connectivity index (χ0) is 14.8. The van der Waals surface area contributed by atoms with Gasteiger partial charge in [-0.15, -0.1) is 24.0 Å². The van der Waals surface area contributed by atoms with E-state index < -0.39 is 0 Å². The number of hydrogen-bond acceptors (Lipinski definition) is 3. The molecule has 0 atom stereocenters. The molecule has 7 nitrogen and oxygen atoms in total. The number of aliphatic imine (C=N–C) groups is 1. The first kappa shape index (κ1) is 17.0. The number of carbonyl (C=O) groups is 1. The largest absolute Gasteiger partial charge is 0.354 e. The maximum Gasteiger partial charge on any atom is 0.246 e. The van der Waals surface area contributed by atoms with Gasteiger partial charge in [0.1, 0.15) is 6.54 Å². The Labute approximate surface area is 147 Å². The second-order valence-corrected chi connectivity index (χ2v) is 5.66. The molecule has 122 valence electrons. The quantitative estimate of drug-likeness (QED) is 0.439. The van der Waals surface area contributed by atoms with Gasteiger partial charge in [0.2, 0.25) is 5.91 Å². The van der Waals surface area contributed by atoms with Gasteiger partial charge in [0.15, 0.2) is 5.96 Å². The molecule has 0 unspecified atom stereocenters. The summed E-state index contributed by atoms with van der Waals surface area (Å²) in [4.78, 5) is 20.5. The Morgan fingerprint density at radius 3 is 2.68 bits per heavy atom. The Bertz CT molecular complexity index is 553. The Morgan fingerprint density at radius 1 is 1.41 bits per heavy atom. The Balaban J connectivity index is 0.00000176. The van der Waals surface area contributed by atoms with Crippen molar-refractivity contribution in [1.82, 2.24) is 20.0 Å². The molecule has 0 bridgehead atoms. The van der Waals surface area contributed by atoms with Crippen LogP contribution in [0.1, 0.15) is 19.3 Å². The molecule has 8 heteroatoms. The summed E-state index contributed by atoms with van der Waals surface area (Å²) < 4.78 is 1.71. The second kappa shape index (κ2) is 7.30. The summed E-state index contributed by atoms with van der Waals surface area (Å²) in [7, 11) is 3.63. The molecule has 1 saturated carbocycles. The van der Waals surface area contributed by atoms with E-state index in [4.69, 9.17) is 0 Å². The van der Waals surface area contributed by atoms with E-state index in [9.17, 15) is 4.79 Å². The first-order chi connectivity index (χ1) is 10.2. The van der Waals surface area contributed by atoms with Crippen LogP contribution in [-0.4, -0.2) is 59.3 Å². The number of nitrogens with zero attached hydrogens (tertiary/aromatic N) is 5. The molecular formula is C14H23IN6O. The summed E-state index contributed by atoms with van der Waals surface area (Å²) in [5.41, 5.74) is 0.865. The molecule has 2 aliphatic rings. The highest BCUT2D eigenvalue weighted by Crippen LogP contribution is 2.19. The normalized spacial score (nSPS) is 19.7. The topological polar surface area (TPSA) is 65.8 Å². The van der Waals surface area contributed by atoms with Gasteiger partial charge in [-0.1, -0.05) is 0 Å². The molecule has 1 aromatic rings. The third-order valence-corrected chi connectivity index (χ3v) is 4.17. The summed E-state index contributed by atoms with van der Waals surface area (Å²) in [6, 6.07) is 0.523. The van der Waals surface area contributed by atoms with Gasteiger partial charge in [-0.05, 0) is 19.3 Å². The molecule has 0 radical (unpaired) electrons. The molecule has 1 aliphatic carbocycles. The van der Waals surface area contributed by atoms with E-state index in [2.05, 4.69) is 15.4 Å². The van der Waals surface area contributed by atoms with Crippen LogP contribution in [0.15, 0.2) is 17.4 Å². The maximum absolute atomic E-state index is 12.4. The van der Waals surface area contributed by atoms with Crippen molar-refractivity contribution in [2.24, 2.45) is 12.0 Å². The standard InChI is InChI=1S/C14H22N6O.HI/c1-15-14(17-11-4-3-5-11)19-6-7-20(13(21)10-19)12-8-16-18(2)9-12;/h8-9,11H,3-7,10H2,1-2H3,(H,15,17);1H. The number of amides is 1. The molecule has 0 spiro atoms. The molecule has 2 heterocycles. The van der Waals surface area contributed by atoms with Crippen LogP contribution in [0.2, 0.25) is 0 Å². The lowest BCUT2D eigenvalue weighted by molar-refractivity contribution is -0.120. The SMILES string of the molecule is CN=C(NC1CCC1)N1CCN(c2cnn(C)c2)C(=O)C1.I. The van der Waals surface area contributed by atoms with Gasteiger partial charge in [0, 0.05) is 39.4 Å². The van der Waals surface area contributed by atoms with Crippen molar-refractivity contribution in [1.29, 1.82) is 0 Å². The van der Waals surface area contributed by atoms with Crippen LogP contribution in [0.25, 0.3) is 0 Å². The Hall–Kier alpha value is -1.32. The summed E-state index contributed by atoms with van der Waals surface area (Å²) in [6.07, 6.45) is 7.28. The Morgan fingerprint density at radius 2 is 2.18 bits per heavy atom. The number of anilines is 1. The van der Waals surface area contributed by atoms with Crippen LogP contribution in [0, 0.1) is 0 Å². The summed E-state index contributed by atoms with van der Waals surface area (Å²) in [5.74, 6) is 0.935. The number of aromatic nitrogens is 2. The van der Waals surface area contributed by atoms with Crippen molar-refractivity contribution in [2.45, 2.75) is 25.3 Å². The van der Waals surface area contributed by atoms with Crippen molar-refractivity contribution in [3.63, 3.8) is 0 Å². The summed E-state index contributed by atoms with van der Waals surface area (Å²) in [6.45, 7) is 1.81. The molecule has 0 aromatic carbocycles. The smallest absolute Gasteiger partial charge is 0.246 e. The second-order valence-electron chi connectivity index (χ2n) is 5.66. The summed E-state index contributed by atoms with van der Waals surface area (Å²) in [5, 5.41) is 7.57. The predicted molar refractivity (Wildman–Crippen MR) is 96.7 cm³/mol. The lowest BCUT2D eigenvalue weighted by Gasteiger charge is -2.38. The fourth-order valence-electron chi connectivity index (χ4n) is 2.71. The van der Waals surface area contributed by atoms with Crippen molar-refractivity contribution in [3.05, 3.63) is 12.4 Å². The van der Waals surface area contributed by atoms with Crippen LogP contribution in [0.3, 0.4) is 0 Å². The van der Waals surface area contributed by atoms with Crippen LogP contribution in [-0.2, 0) is 11.8 Å². The first-order valence-corrected chi connectivity index (χ1v) is 7.44. The third kappa shape index (κ3) is 3.53. The van der Waals surface area contributed by atoms with Gasteiger partial charge in [-0.25, -0.2) is 0 Å². The fourth-order valence-corrected chi connectivity index (χ4v) is 2.71. The van der Waals surface area contributed by atoms with E-state index in [-0.39, 0.29) is 29.9 Å². The number of halogens is 1. The van der Waals surface area contributed by atoms with Gasteiger partial charge in [0.05, 0.1) is 11.9 Å². The molecule has 3 rings (SSSR count). The van der Waals surface area contributed by atoms with E-state index in [0.29, 0.717) is 19.1 Å². The average molecular weight is 418 g/mol. The van der Waals surface area contributed by atoms with Crippen LogP contribution < -0.4 is 10.2 Å². The summed E-state index contributed by atoms with van der Waals surface area (Å²) >= 11 is 0. The zero-order valence-electron chi connectivity index (χ0n) is 13.0. The lowest BCUT2D eigenvalue weighted by Crippen LogP contribution is -2.57. The molecule has 22 heavy (non-hydrogen) atoms. The van der Waals surface area contributed by atoms with Gasteiger partial charge in [0.25, 0.3) is 0 Å². The minimum absolute atomic E-state index is 0. The fraction of sp³-hybridized carbons (Fsp3) is 0.643. The number of carbonyl (C=O) groups excluding carboxylic acids is 1. The molecule has 1 saturated heterocycles. The predicted octanol–water partition coefficient (Wildman–Crippen LogP) is 0.815. The number of nitrogens with one attached hydrogen (secondary N) is 1. The zero-order valence-corrected chi connectivity index (χ0v) is 15.4. The van der Waals surface area contributed by atoms with E-state index in [0.717, 1.165) is 18.2 Å². The number of guanidine groups is 1. The van der Waals surface area contributed by atoms with Crippen molar-refractivity contribution in [2.75, 3.05) is 31.6 Å². The molecule has 1 aliphatic heterocycles. The van der Waals surface area contributed by atoms with Crippen molar-refractivity contribution in [3.8, 4) is 0 Å². The third-order valence-electron chi connectivity index (χ3n) is 4.17. The van der Waals surface area contributed by atoms with E-state index in [1.54, 1.807) is 22.8 Å².